The minimum atomic E-state index is -0.440. The van der Waals surface area contributed by atoms with Crippen LogP contribution < -0.4 is 11.1 Å². The van der Waals surface area contributed by atoms with E-state index >= 15 is 0 Å². The molecule has 0 unspecified atom stereocenters. The molecule has 21 heavy (non-hydrogen) atoms. The maximum atomic E-state index is 13.9. The summed E-state index contributed by atoms with van der Waals surface area (Å²) in [6.07, 6.45) is 0. The molecule has 2 rings (SSSR count). The lowest BCUT2D eigenvalue weighted by molar-refractivity contribution is 0.0950. The highest BCUT2D eigenvalue weighted by molar-refractivity contribution is 7.80. The Kier molecular flexibility index (Phi) is 4.65. The number of thiocarbonyl (C=S) groups is 1. The van der Waals surface area contributed by atoms with Gasteiger partial charge < -0.3 is 11.1 Å². The van der Waals surface area contributed by atoms with E-state index in [1.54, 1.807) is 24.3 Å². The zero-order valence-electron chi connectivity index (χ0n) is 11.5. The lowest BCUT2D eigenvalue weighted by atomic mass is 10.1. The standard InChI is InChI=1S/C16H15FN2OS/c1-10-3-2-4-12(7-10)16(20)19-9-13-6-5-11(15(18)21)8-14(13)17/h2-8H,9H2,1H3,(H2,18,21)(H,19,20). The molecule has 1 amide bonds. The van der Waals surface area contributed by atoms with E-state index in [0.29, 0.717) is 16.7 Å². The maximum absolute atomic E-state index is 13.9. The minimum absolute atomic E-state index is 0.107. The number of carbonyl (C=O) groups excluding carboxylic acids is 1. The summed E-state index contributed by atoms with van der Waals surface area (Å²) in [6, 6.07) is 11.7. The zero-order chi connectivity index (χ0) is 15.4. The van der Waals surface area contributed by atoms with Gasteiger partial charge in [0.15, 0.2) is 0 Å². The van der Waals surface area contributed by atoms with Gasteiger partial charge in [-0.3, -0.25) is 4.79 Å². The van der Waals surface area contributed by atoms with Crippen molar-refractivity contribution in [3.63, 3.8) is 0 Å². The Labute approximate surface area is 128 Å². The van der Waals surface area contributed by atoms with E-state index in [1.807, 2.05) is 19.1 Å². The predicted molar refractivity (Wildman–Crippen MR) is 84.6 cm³/mol. The average Bonchev–Trinajstić information content (AvgIpc) is 2.45. The Balaban J connectivity index is 2.06. The number of benzene rings is 2. The van der Waals surface area contributed by atoms with Gasteiger partial charge in [-0.25, -0.2) is 4.39 Å². The quantitative estimate of drug-likeness (QED) is 0.854. The van der Waals surface area contributed by atoms with E-state index < -0.39 is 5.82 Å². The lowest BCUT2D eigenvalue weighted by Crippen LogP contribution is -2.23. The number of nitrogens with two attached hydrogens (primary N) is 1. The van der Waals surface area contributed by atoms with Crippen LogP contribution in [0.2, 0.25) is 0 Å². The van der Waals surface area contributed by atoms with Crippen LogP contribution in [-0.4, -0.2) is 10.9 Å². The fraction of sp³-hybridized carbons (Fsp3) is 0.125. The molecule has 2 aromatic carbocycles. The molecule has 3 nitrogen and oxygen atoms in total. The first-order valence-corrected chi connectivity index (χ1v) is 6.81. The van der Waals surface area contributed by atoms with Gasteiger partial charge in [-0.2, -0.15) is 0 Å². The first-order chi connectivity index (χ1) is 9.97. The van der Waals surface area contributed by atoms with Crippen molar-refractivity contribution in [2.75, 3.05) is 0 Å². The van der Waals surface area contributed by atoms with E-state index in [0.717, 1.165) is 5.56 Å². The van der Waals surface area contributed by atoms with Gasteiger partial charge in [-0.15, -0.1) is 0 Å². The molecule has 3 N–H and O–H groups in total. The molecular weight excluding hydrogens is 287 g/mol. The molecule has 108 valence electrons. The molecule has 0 radical (unpaired) electrons. The molecule has 0 saturated carbocycles. The predicted octanol–water partition coefficient (Wildman–Crippen LogP) is 2.70. The summed E-state index contributed by atoms with van der Waals surface area (Å²) in [4.78, 5) is 12.1. The van der Waals surface area contributed by atoms with Crippen molar-refractivity contribution >= 4 is 23.1 Å². The molecule has 0 aliphatic heterocycles. The largest absolute Gasteiger partial charge is 0.389 e. The Morgan fingerprint density at radius 3 is 2.62 bits per heavy atom. The van der Waals surface area contributed by atoms with Crippen LogP contribution in [0.1, 0.15) is 27.0 Å². The van der Waals surface area contributed by atoms with Crippen LogP contribution in [0.4, 0.5) is 4.39 Å². The van der Waals surface area contributed by atoms with Crippen LogP contribution >= 0.6 is 12.2 Å². The number of aryl methyl sites for hydroxylation is 1. The lowest BCUT2D eigenvalue weighted by Gasteiger charge is -2.08. The Morgan fingerprint density at radius 1 is 1.24 bits per heavy atom. The summed E-state index contributed by atoms with van der Waals surface area (Å²) in [7, 11) is 0. The van der Waals surface area contributed by atoms with Crippen molar-refractivity contribution in [2.45, 2.75) is 13.5 Å². The van der Waals surface area contributed by atoms with Crippen LogP contribution in [-0.2, 0) is 6.54 Å². The van der Waals surface area contributed by atoms with Crippen LogP contribution in [0.15, 0.2) is 42.5 Å². The Hall–Kier alpha value is -2.27. The normalized spacial score (nSPS) is 10.2. The van der Waals surface area contributed by atoms with E-state index in [4.69, 9.17) is 18.0 Å². The van der Waals surface area contributed by atoms with Crippen LogP contribution in [0, 0.1) is 12.7 Å². The topological polar surface area (TPSA) is 55.1 Å². The van der Waals surface area contributed by atoms with Crippen molar-refractivity contribution in [1.29, 1.82) is 0 Å². The van der Waals surface area contributed by atoms with Crippen molar-refractivity contribution in [3.05, 3.63) is 70.5 Å². The monoisotopic (exact) mass is 302 g/mol. The van der Waals surface area contributed by atoms with Crippen LogP contribution in [0.5, 0.6) is 0 Å². The van der Waals surface area contributed by atoms with Gasteiger partial charge in [-0.1, -0.05) is 42.0 Å². The molecule has 0 aliphatic carbocycles. The molecular formula is C16H15FN2OS. The first kappa shape index (κ1) is 15.1. The summed E-state index contributed by atoms with van der Waals surface area (Å²) in [5, 5.41) is 2.69. The number of amides is 1. The second-order valence-electron chi connectivity index (χ2n) is 4.72. The molecule has 0 aliphatic rings. The Bertz CT molecular complexity index is 700. The van der Waals surface area contributed by atoms with Gasteiger partial charge in [0.25, 0.3) is 5.91 Å². The SMILES string of the molecule is Cc1cccc(C(=O)NCc2ccc(C(N)=S)cc2F)c1. The first-order valence-electron chi connectivity index (χ1n) is 6.40. The average molecular weight is 302 g/mol. The second-order valence-corrected chi connectivity index (χ2v) is 5.16. The molecule has 0 aromatic heterocycles. The minimum Gasteiger partial charge on any atom is -0.389 e. The molecule has 0 fully saturated rings. The summed E-state index contributed by atoms with van der Waals surface area (Å²) in [5.74, 6) is -0.679. The number of carbonyl (C=O) groups is 1. The van der Waals surface area contributed by atoms with Gasteiger partial charge in [0.05, 0.1) is 0 Å². The van der Waals surface area contributed by atoms with Crippen molar-refractivity contribution < 1.29 is 9.18 Å². The van der Waals surface area contributed by atoms with Crippen LogP contribution in [0.25, 0.3) is 0 Å². The summed E-state index contributed by atoms with van der Waals surface area (Å²) in [6.45, 7) is 2.01. The molecule has 0 saturated heterocycles. The van der Waals surface area contributed by atoms with Gasteiger partial charge in [-0.05, 0) is 25.1 Å². The fourth-order valence-corrected chi connectivity index (χ4v) is 2.03. The maximum Gasteiger partial charge on any atom is 0.251 e. The van der Waals surface area contributed by atoms with Crippen molar-refractivity contribution in [2.24, 2.45) is 5.73 Å². The van der Waals surface area contributed by atoms with Crippen molar-refractivity contribution in [3.8, 4) is 0 Å². The molecule has 2 aromatic rings. The smallest absolute Gasteiger partial charge is 0.251 e. The van der Waals surface area contributed by atoms with E-state index in [2.05, 4.69) is 5.32 Å². The second kappa shape index (κ2) is 6.45. The highest BCUT2D eigenvalue weighted by Gasteiger charge is 2.09. The number of hydrogen-bond donors (Lipinski definition) is 2. The number of nitrogens with one attached hydrogen (secondary N) is 1. The highest BCUT2D eigenvalue weighted by atomic mass is 32.1. The third kappa shape index (κ3) is 3.86. The van der Waals surface area contributed by atoms with Crippen molar-refractivity contribution in [1.82, 2.24) is 5.32 Å². The van der Waals surface area contributed by atoms with E-state index in [-0.39, 0.29) is 17.4 Å². The van der Waals surface area contributed by atoms with Gasteiger partial charge in [0, 0.05) is 23.2 Å². The molecule has 5 heteroatoms. The highest BCUT2D eigenvalue weighted by Crippen LogP contribution is 2.11. The molecule has 0 heterocycles. The van der Waals surface area contributed by atoms with Gasteiger partial charge in [0.2, 0.25) is 0 Å². The van der Waals surface area contributed by atoms with Gasteiger partial charge in [0.1, 0.15) is 10.8 Å². The number of rotatable bonds is 4. The third-order valence-electron chi connectivity index (χ3n) is 3.06. The Morgan fingerprint density at radius 2 is 2.00 bits per heavy atom. The summed E-state index contributed by atoms with van der Waals surface area (Å²) < 4.78 is 13.9. The summed E-state index contributed by atoms with van der Waals surface area (Å²) in [5.41, 5.74) is 7.84. The van der Waals surface area contributed by atoms with Crippen LogP contribution in [0.3, 0.4) is 0 Å². The molecule has 0 spiro atoms. The van der Waals surface area contributed by atoms with Gasteiger partial charge >= 0.3 is 0 Å². The van der Waals surface area contributed by atoms with E-state index in [1.165, 1.54) is 6.07 Å². The summed E-state index contributed by atoms with van der Waals surface area (Å²) >= 11 is 4.79. The number of halogens is 1. The van der Waals surface area contributed by atoms with E-state index in [9.17, 15) is 9.18 Å². The third-order valence-corrected chi connectivity index (χ3v) is 3.29. The molecule has 0 atom stereocenters. The fourth-order valence-electron chi connectivity index (χ4n) is 1.91. The number of hydrogen-bond acceptors (Lipinski definition) is 2. The zero-order valence-corrected chi connectivity index (χ0v) is 12.3. The molecule has 0 bridgehead atoms.